The van der Waals surface area contributed by atoms with Gasteiger partial charge in [-0.2, -0.15) is 4.39 Å². The first-order valence-electron chi connectivity index (χ1n) is 6.64. The van der Waals surface area contributed by atoms with E-state index >= 15 is 0 Å². The number of carbonyl (C=O) groups is 1. The van der Waals surface area contributed by atoms with E-state index in [2.05, 4.69) is 4.98 Å². The maximum absolute atomic E-state index is 14.8. The summed E-state index contributed by atoms with van der Waals surface area (Å²) in [6, 6.07) is 2.65. The largest absolute Gasteiger partial charge is 0.342 e. The molecule has 0 bridgehead atoms. The van der Waals surface area contributed by atoms with Crippen LogP contribution in [0.15, 0.2) is 18.3 Å². The molecule has 1 aromatic rings. The van der Waals surface area contributed by atoms with Crippen LogP contribution < -0.4 is 0 Å². The molecule has 1 saturated heterocycles. The molecule has 1 aliphatic heterocycles. The summed E-state index contributed by atoms with van der Waals surface area (Å²) in [7, 11) is 0. The number of carbonyl (C=O) groups excluding carboxylic acids is 1. The second-order valence-corrected chi connectivity index (χ2v) is 4.96. The summed E-state index contributed by atoms with van der Waals surface area (Å²) in [5.74, 6) is -0.593. The SMILES string of the molecule is CCCC(=O)N1CCC(F)(c2ccnc(F)c2)CC1. The van der Waals surface area contributed by atoms with Crippen LogP contribution in [0.5, 0.6) is 0 Å². The Hall–Kier alpha value is -1.52. The van der Waals surface area contributed by atoms with Crippen molar-refractivity contribution in [1.29, 1.82) is 0 Å². The quantitative estimate of drug-likeness (QED) is 0.790. The minimum atomic E-state index is -1.55. The van der Waals surface area contributed by atoms with Gasteiger partial charge in [-0.1, -0.05) is 6.92 Å². The predicted octanol–water partition coefficient (Wildman–Crippen LogP) is 2.81. The topological polar surface area (TPSA) is 33.2 Å². The van der Waals surface area contributed by atoms with Gasteiger partial charge in [0.05, 0.1) is 0 Å². The number of rotatable bonds is 3. The summed E-state index contributed by atoms with van der Waals surface area (Å²) in [6.45, 7) is 2.72. The lowest BCUT2D eigenvalue weighted by molar-refractivity contribution is -0.134. The number of likely N-dealkylation sites (tertiary alicyclic amines) is 1. The van der Waals surface area contributed by atoms with Crippen LogP contribution in [0.1, 0.15) is 38.2 Å². The van der Waals surface area contributed by atoms with Crippen molar-refractivity contribution >= 4 is 5.91 Å². The van der Waals surface area contributed by atoms with Gasteiger partial charge in [0.15, 0.2) is 0 Å². The zero-order valence-corrected chi connectivity index (χ0v) is 11.0. The summed E-state index contributed by atoms with van der Waals surface area (Å²) in [5, 5.41) is 0. The molecule has 0 radical (unpaired) electrons. The molecule has 2 rings (SSSR count). The number of halogens is 2. The van der Waals surface area contributed by atoms with Crippen molar-refractivity contribution in [2.24, 2.45) is 0 Å². The predicted molar refractivity (Wildman–Crippen MR) is 67.7 cm³/mol. The number of aromatic nitrogens is 1. The molecule has 0 unspecified atom stereocenters. The van der Waals surface area contributed by atoms with E-state index in [1.807, 2.05) is 6.92 Å². The monoisotopic (exact) mass is 268 g/mol. The van der Waals surface area contributed by atoms with Gasteiger partial charge >= 0.3 is 0 Å². The van der Waals surface area contributed by atoms with Crippen LogP contribution in [0.4, 0.5) is 8.78 Å². The Morgan fingerprint density at radius 3 is 2.74 bits per heavy atom. The Kier molecular flexibility index (Phi) is 4.12. The van der Waals surface area contributed by atoms with Crippen molar-refractivity contribution in [2.75, 3.05) is 13.1 Å². The fourth-order valence-corrected chi connectivity index (χ4v) is 2.45. The molecule has 1 aromatic heterocycles. The van der Waals surface area contributed by atoms with E-state index < -0.39 is 11.6 Å². The molecule has 0 spiro atoms. The van der Waals surface area contributed by atoms with E-state index in [1.54, 1.807) is 4.90 Å². The Bertz CT molecular complexity index is 457. The highest BCUT2D eigenvalue weighted by molar-refractivity contribution is 5.76. The number of hydrogen-bond acceptors (Lipinski definition) is 2. The molecule has 1 fully saturated rings. The van der Waals surface area contributed by atoms with Gasteiger partial charge in [-0.3, -0.25) is 4.79 Å². The minimum absolute atomic E-state index is 0.0745. The Labute approximate surface area is 111 Å². The van der Waals surface area contributed by atoms with E-state index in [9.17, 15) is 13.6 Å². The maximum atomic E-state index is 14.8. The lowest BCUT2D eigenvalue weighted by Crippen LogP contribution is -2.43. The summed E-state index contributed by atoms with van der Waals surface area (Å²) in [6.07, 6.45) is 3.01. The first kappa shape index (κ1) is 13.9. The third-order valence-corrected chi connectivity index (χ3v) is 3.62. The lowest BCUT2D eigenvalue weighted by atomic mass is 9.86. The summed E-state index contributed by atoms with van der Waals surface area (Å²) in [4.78, 5) is 16.9. The van der Waals surface area contributed by atoms with Crippen LogP contribution in [0, 0.1) is 5.95 Å². The molecule has 0 saturated carbocycles. The number of hydrogen-bond donors (Lipinski definition) is 0. The molecule has 5 heteroatoms. The van der Waals surface area contributed by atoms with Crippen LogP contribution in [0.25, 0.3) is 0 Å². The van der Waals surface area contributed by atoms with Gasteiger partial charge in [-0.25, -0.2) is 9.37 Å². The van der Waals surface area contributed by atoms with Gasteiger partial charge < -0.3 is 4.90 Å². The van der Waals surface area contributed by atoms with E-state index in [0.29, 0.717) is 25.1 Å². The summed E-state index contributed by atoms with van der Waals surface area (Å²) >= 11 is 0. The lowest BCUT2D eigenvalue weighted by Gasteiger charge is -2.36. The number of pyridine rings is 1. The van der Waals surface area contributed by atoms with Crippen molar-refractivity contribution in [3.8, 4) is 0 Å². The van der Waals surface area contributed by atoms with Crippen LogP contribution in [0.3, 0.4) is 0 Å². The van der Waals surface area contributed by atoms with Gasteiger partial charge in [-0.15, -0.1) is 0 Å². The molecule has 0 aromatic carbocycles. The number of alkyl halides is 1. The molecule has 0 aliphatic carbocycles. The highest BCUT2D eigenvalue weighted by Gasteiger charge is 2.37. The fraction of sp³-hybridized carbons (Fsp3) is 0.571. The minimum Gasteiger partial charge on any atom is -0.342 e. The highest BCUT2D eigenvalue weighted by atomic mass is 19.1. The van der Waals surface area contributed by atoms with Gasteiger partial charge in [0.25, 0.3) is 0 Å². The average Bonchev–Trinajstić information content (AvgIpc) is 2.40. The first-order chi connectivity index (χ1) is 9.05. The van der Waals surface area contributed by atoms with Gasteiger partial charge in [0, 0.05) is 38.5 Å². The molecule has 1 aliphatic rings. The van der Waals surface area contributed by atoms with Crippen molar-refractivity contribution in [3.63, 3.8) is 0 Å². The van der Waals surface area contributed by atoms with E-state index in [4.69, 9.17) is 0 Å². The van der Waals surface area contributed by atoms with Gasteiger partial charge in [0.1, 0.15) is 5.67 Å². The zero-order chi connectivity index (χ0) is 13.9. The Morgan fingerprint density at radius 2 is 2.16 bits per heavy atom. The van der Waals surface area contributed by atoms with Crippen molar-refractivity contribution < 1.29 is 13.6 Å². The summed E-state index contributed by atoms with van der Waals surface area (Å²) < 4.78 is 27.8. The van der Waals surface area contributed by atoms with Crippen molar-refractivity contribution in [3.05, 3.63) is 29.8 Å². The first-order valence-corrected chi connectivity index (χ1v) is 6.64. The van der Waals surface area contributed by atoms with Gasteiger partial charge in [0.2, 0.25) is 11.9 Å². The highest BCUT2D eigenvalue weighted by Crippen LogP contribution is 2.37. The molecule has 0 N–H and O–H groups in total. The fourth-order valence-electron chi connectivity index (χ4n) is 2.45. The molecule has 3 nitrogen and oxygen atoms in total. The molecule has 0 atom stereocenters. The van der Waals surface area contributed by atoms with Crippen LogP contribution in [0.2, 0.25) is 0 Å². The van der Waals surface area contributed by atoms with Gasteiger partial charge in [-0.05, 0) is 24.1 Å². The zero-order valence-electron chi connectivity index (χ0n) is 11.0. The molecule has 1 amide bonds. The molecule has 104 valence electrons. The number of piperidine rings is 1. The van der Waals surface area contributed by atoms with E-state index in [1.165, 1.54) is 12.3 Å². The molecule has 2 heterocycles. The normalized spacial score (nSPS) is 18.4. The van der Waals surface area contributed by atoms with Crippen LogP contribution in [-0.4, -0.2) is 28.9 Å². The molecular formula is C14H18F2N2O. The number of nitrogens with zero attached hydrogens (tertiary/aromatic N) is 2. The number of amides is 1. The van der Waals surface area contributed by atoms with Crippen molar-refractivity contribution in [2.45, 2.75) is 38.3 Å². The Balaban J connectivity index is 2.04. The van der Waals surface area contributed by atoms with E-state index in [0.717, 1.165) is 12.5 Å². The third kappa shape index (κ3) is 3.08. The van der Waals surface area contributed by atoms with Crippen LogP contribution >= 0.6 is 0 Å². The Morgan fingerprint density at radius 1 is 1.47 bits per heavy atom. The van der Waals surface area contributed by atoms with Crippen LogP contribution in [-0.2, 0) is 10.5 Å². The summed E-state index contributed by atoms with van der Waals surface area (Å²) in [5.41, 5.74) is -1.23. The maximum Gasteiger partial charge on any atom is 0.222 e. The standard InChI is InChI=1S/C14H18F2N2O/c1-2-3-13(19)18-8-5-14(16,6-9-18)11-4-7-17-12(15)10-11/h4,7,10H,2-3,5-6,8-9H2,1H3. The van der Waals surface area contributed by atoms with E-state index in [-0.39, 0.29) is 18.7 Å². The smallest absolute Gasteiger partial charge is 0.222 e. The van der Waals surface area contributed by atoms with Crippen molar-refractivity contribution in [1.82, 2.24) is 9.88 Å². The third-order valence-electron chi connectivity index (χ3n) is 3.62. The average molecular weight is 268 g/mol. The second-order valence-electron chi connectivity index (χ2n) is 4.96. The molecule has 19 heavy (non-hydrogen) atoms. The second kappa shape index (κ2) is 5.63. The molecular weight excluding hydrogens is 250 g/mol.